The third-order valence-electron chi connectivity index (χ3n) is 0. The largest absolute Gasteiger partial charge is 3.00 e. The predicted octanol–water partition coefficient (Wildman–Crippen LogP) is -4.72. The second kappa shape index (κ2) is 7.92. The molecule has 0 unspecified atom stereocenters. The molecule has 4 nitrogen and oxygen atoms in total. The molecule has 0 spiro atoms. The summed E-state index contributed by atoms with van der Waals surface area (Å²) in [7, 11) is -5.17. The van der Waals surface area contributed by atoms with Crippen molar-refractivity contribution in [2.75, 3.05) is 0 Å². The minimum atomic E-state index is -5.17. The molecule has 0 aromatic rings. The first-order valence-electron chi connectivity index (χ1n) is 0.667. The maximum absolute atomic E-state index is 8.52. The zero-order valence-corrected chi connectivity index (χ0v) is 5.69. The van der Waals surface area contributed by atoms with Gasteiger partial charge in [0.05, 0.1) is 0 Å². The molecule has 8 heavy (non-hydrogen) atoms. The summed E-state index contributed by atoms with van der Waals surface area (Å²) < 4.78 is 34.1. The smallest absolute Gasteiger partial charge is 1.00 e. The Balaban J connectivity index is -0.0000000267. The summed E-state index contributed by atoms with van der Waals surface area (Å²) in [5.41, 5.74) is 0. The molecular weight excluding hydrogens is 178 g/mol. The van der Waals surface area contributed by atoms with E-state index in [4.69, 9.17) is 17.5 Å². The van der Waals surface area contributed by atoms with Gasteiger partial charge >= 0.3 is 17.1 Å². The molecule has 0 aromatic carbocycles. The van der Waals surface area contributed by atoms with Crippen molar-refractivity contribution in [2.45, 2.75) is 0 Å². The molecule has 0 N–H and O–H groups in total. The van der Waals surface area contributed by atoms with Gasteiger partial charge in [-0.15, -0.1) is 0 Å². The van der Waals surface area contributed by atoms with Crippen LogP contribution in [0.15, 0.2) is 0 Å². The van der Waals surface area contributed by atoms with Gasteiger partial charge in [0.2, 0.25) is 0 Å². The minimum Gasteiger partial charge on any atom is -1.00 e. The van der Waals surface area contributed by atoms with Crippen LogP contribution < -0.4 is 4.70 Å². The standard InChI is InChI=1S/FH.Fe.Li.H2O4S/c;;;1-5(2,3)4/h1H;;;(H2,1,2,3,4)/q;+3;;/p-3. The van der Waals surface area contributed by atoms with Crippen molar-refractivity contribution >= 4 is 29.3 Å². The SMILES string of the molecule is O=S(=O)([O-])[O-].[F-].[Fe+3].[Li]. The normalized spacial score (nSPS) is 7.25. The van der Waals surface area contributed by atoms with Crippen LogP contribution in [0, 0.1) is 0 Å². The van der Waals surface area contributed by atoms with Gasteiger partial charge in [-0.3, -0.25) is 8.42 Å². The molecule has 0 aliphatic rings. The van der Waals surface area contributed by atoms with Gasteiger partial charge in [0.25, 0.3) is 0 Å². The number of rotatable bonds is 0. The Morgan fingerprint density at radius 2 is 1.12 bits per heavy atom. The van der Waals surface area contributed by atoms with Gasteiger partial charge in [-0.05, 0) is 0 Å². The second-order valence-corrected chi connectivity index (χ2v) is 1.22. The molecule has 0 saturated heterocycles. The molecular formula is FFeLiO4S. The Morgan fingerprint density at radius 1 is 1.12 bits per heavy atom. The second-order valence-electron chi connectivity index (χ2n) is 0.408. The van der Waals surface area contributed by atoms with Crippen LogP contribution in [0.5, 0.6) is 0 Å². The Bertz CT molecular complexity index is 99.2. The van der Waals surface area contributed by atoms with Crippen molar-refractivity contribution < 1.29 is 39.3 Å². The summed E-state index contributed by atoms with van der Waals surface area (Å²) in [4.78, 5) is 0. The van der Waals surface area contributed by atoms with Crippen LogP contribution in [-0.4, -0.2) is 36.4 Å². The molecule has 0 amide bonds. The Labute approximate surface area is 68.6 Å². The number of hydrogen-bond acceptors (Lipinski definition) is 4. The number of hydrogen-bond donors (Lipinski definition) is 0. The molecule has 0 atom stereocenters. The zero-order chi connectivity index (χ0) is 4.50. The van der Waals surface area contributed by atoms with E-state index in [1.807, 2.05) is 0 Å². The van der Waals surface area contributed by atoms with E-state index in [0.717, 1.165) is 0 Å². The first-order chi connectivity index (χ1) is 2.00. The Kier molecular flexibility index (Phi) is 22.9. The predicted molar refractivity (Wildman–Crippen MR) is 16.2 cm³/mol. The molecule has 0 aliphatic heterocycles. The van der Waals surface area contributed by atoms with Crippen LogP contribution in [0.4, 0.5) is 0 Å². The van der Waals surface area contributed by atoms with Crippen LogP contribution in [0.1, 0.15) is 0 Å². The molecule has 0 heterocycles. The van der Waals surface area contributed by atoms with Crippen molar-refractivity contribution in [3.63, 3.8) is 0 Å². The Hall–Kier alpha value is 0.917. The van der Waals surface area contributed by atoms with Gasteiger partial charge in [0.15, 0.2) is 0 Å². The molecule has 2 radical (unpaired) electrons. The minimum absolute atomic E-state index is 0. The summed E-state index contributed by atoms with van der Waals surface area (Å²) in [6.07, 6.45) is 0. The maximum atomic E-state index is 8.52. The van der Waals surface area contributed by atoms with Crippen LogP contribution in [0.2, 0.25) is 0 Å². The molecule has 0 saturated carbocycles. The van der Waals surface area contributed by atoms with Gasteiger partial charge in [0.1, 0.15) is 0 Å². The molecule has 0 rings (SSSR count). The van der Waals surface area contributed by atoms with Crippen LogP contribution in [0.3, 0.4) is 0 Å². The van der Waals surface area contributed by atoms with E-state index in [2.05, 4.69) is 0 Å². The van der Waals surface area contributed by atoms with Gasteiger partial charge in [-0.1, -0.05) is 0 Å². The van der Waals surface area contributed by atoms with Crippen LogP contribution in [-0.2, 0) is 27.5 Å². The number of halogens is 1. The fourth-order valence-corrected chi connectivity index (χ4v) is 0. The average molecular weight is 178 g/mol. The zero-order valence-electron chi connectivity index (χ0n) is 3.77. The first kappa shape index (κ1) is 23.1. The van der Waals surface area contributed by atoms with E-state index in [0.29, 0.717) is 0 Å². The van der Waals surface area contributed by atoms with E-state index in [1.54, 1.807) is 0 Å². The summed E-state index contributed by atoms with van der Waals surface area (Å²) >= 11 is 0. The maximum Gasteiger partial charge on any atom is 3.00 e. The third kappa shape index (κ3) is 288. The van der Waals surface area contributed by atoms with Crippen molar-refractivity contribution in [3.05, 3.63) is 0 Å². The van der Waals surface area contributed by atoms with Crippen LogP contribution in [0.25, 0.3) is 0 Å². The first-order valence-corrected chi connectivity index (χ1v) is 2.00. The van der Waals surface area contributed by atoms with Gasteiger partial charge in [0, 0.05) is 29.3 Å². The molecule has 0 fully saturated rings. The average Bonchev–Trinajstić information content (AvgIpc) is 0.722. The summed E-state index contributed by atoms with van der Waals surface area (Å²) in [6, 6.07) is 0. The monoisotopic (exact) mass is 178 g/mol. The summed E-state index contributed by atoms with van der Waals surface area (Å²) in [5.74, 6) is 0. The van der Waals surface area contributed by atoms with E-state index in [-0.39, 0.29) is 40.6 Å². The quantitative estimate of drug-likeness (QED) is 0.212. The Morgan fingerprint density at radius 3 is 1.12 bits per heavy atom. The topological polar surface area (TPSA) is 80.3 Å². The molecule has 8 heteroatoms. The summed E-state index contributed by atoms with van der Waals surface area (Å²) in [6.45, 7) is 0. The molecule has 0 aromatic heterocycles. The van der Waals surface area contributed by atoms with Crippen molar-refractivity contribution in [1.82, 2.24) is 0 Å². The summed E-state index contributed by atoms with van der Waals surface area (Å²) in [5, 5.41) is 0. The van der Waals surface area contributed by atoms with Crippen LogP contribution >= 0.6 is 0 Å². The molecule has 0 aliphatic carbocycles. The van der Waals surface area contributed by atoms with Gasteiger partial charge in [-0.2, -0.15) is 0 Å². The van der Waals surface area contributed by atoms with Gasteiger partial charge in [-0.25, -0.2) is 0 Å². The third-order valence-corrected chi connectivity index (χ3v) is 0. The van der Waals surface area contributed by atoms with E-state index in [1.165, 1.54) is 0 Å². The fourth-order valence-electron chi connectivity index (χ4n) is 0. The van der Waals surface area contributed by atoms with Crippen molar-refractivity contribution in [3.8, 4) is 0 Å². The molecule has 46 valence electrons. The van der Waals surface area contributed by atoms with Gasteiger partial charge < -0.3 is 13.8 Å². The van der Waals surface area contributed by atoms with E-state index >= 15 is 0 Å². The van der Waals surface area contributed by atoms with Crippen molar-refractivity contribution in [2.24, 2.45) is 0 Å². The molecule has 0 bridgehead atoms. The van der Waals surface area contributed by atoms with E-state index in [9.17, 15) is 0 Å². The van der Waals surface area contributed by atoms with E-state index < -0.39 is 10.4 Å². The fraction of sp³-hybridized carbons (Fsp3) is 0. The van der Waals surface area contributed by atoms with Crippen molar-refractivity contribution in [1.29, 1.82) is 0 Å².